The summed E-state index contributed by atoms with van der Waals surface area (Å²) < 4.78 is 29.4. The minimum atomic E-state index is -3.83. The zero-order valence-electron chi connectivity index (χ0n) is 10.6. The molecular formula is C14H13ClO3S. The van der Waals surface area contributed by atoms with E-state index in [0.29, 0.717) is 10.8 Å². The Labute approximate surface area is 117 Å². The number of benzene rings is 2. The lowest BCUT2D eigenvalue weighted by atomic mass is 10.1. The van der Waals surface area contributed by atoms with Crippen molar-refractivity contribution in [2.75, 3.05) is 0 Å². The van der Waals surface area contributed by atoms with Crippen molar-refractivity contribution in [1.29, 1.82) is 0 Å². The molecule has 0 bridgehead atoms. The maximum absolute atomic E-state index is 12.1. The molecule has 0 aromatic heterocycles. The molecule has 0 saturated heterocycles. The number of rotatable bonds is 3. The van der Waals surface area contributed by atoms with Crippen molar-refractivity contribution in [1.82, 2.24) is 0 Å². The summed E-state index contributed by atoms with van der Waals surface area (Å²) in [6.45, 7) is 3.67. The molecule has 0 fully saturated rings. The van der Waals surface area contributed by atoms with Crippen molar-refractivity contribution in [3.63, 3.8) is 0 Å². The van der Waals surface area contributed by atoms with Gasteiger partial charge in [0.2, 0.25) is 0 Å². The molecule has 0 N–H and O–H groups in total. The van der Waals surface area contributed by atoms with Crippen molar-refractivity contribution < 1.29 is 12.6 Å². The van der Waals surface area contributed by atoms with E-state index in [9.17, 15) is 8.42 Å². The van der Waals surface area contributed by atoms with Gasteiger partial charge in [0.1, 0.15) is 10.6 Å². The standard InChI is InChI=1S/C14H13ClO3S/c1-10-3-4-11(2)14(9-10)18-19(16,17)13-7-5-12(15)6-8-13/h3-9H,1-2H3. The van der Waals surface area contributed by atoms with Gasteiger partial charge < -0.3 is 4.18 Å². The third kappa shape index (κ3) is 3.28. The van der Waals surface area contributed by atoms with Crippen LogP contribution in [-0.4, -0.2) is 8.42 Å². The minimum absolute atomic E-state index is 0.0813. The van der Waals surface area contributed by atoms with Crippen LogP contribution in [-0.2, 0) is 10.1 Å². The summed E-state index contributed by atoms with van der Waals surface area (Å²) in [5.74, 6) is 0.343. The highest BCUT2D eigenvalue weighted by Gasteiger charge is 2.17. The van der Waals surface area contributed by atoms with Gasteiger partial charge in [-0.25, -0.2) is 0 Å². The van der Waals surface area contributed by atoms with Gasteiger partial charge in [0.15, 0.2) is 0 Å². The van der Waals surface area contributed by atoms with Crippen LogP contribution in [0.4, 0.5) is 0 Å². The monoisotopic (exact) mass is 296 g/mol. The second kappa shape index (κ2) is 5.23. The Hall–Kier alpha value is -1.52. The van der Waals surface area contributed by atoms with E-state index in [2.05, 4.69) is 0 Å². The highest BCUT2D eigenvalue weighted by molar-refractivity contribution is 7.87. The second-order valence-electron chi connectivity index (χ2n) is 4.26. The third-order valence-corrected chi connectivity index (χ3v) is 4.15. The van der Waals surface area contributed by atoms with Gasteiger partial charge in [0, 0.05) is 5.02 Å². The summed E-state index contributed by atoms with van der Waals surface area (Å²) in [5.41, 5.74) is 1.70. The number of aryl methyl sites for hydroxylation is 2. The maximum Gasteiger partial charge on any atom is 0.339 e. The van der Waals surface area contributed by atoms with Crippen LogP contribution in [0, 0.1) is 13.8 Å². The maximum atomic E-state index is 12.1. The third-order valence-electron chi connectivity index (χ3n) is 2.65. The van der Waals surface area contributed by atoms with Crippen LogP contribution >= 0.6 is 11.6 Å². The van der Waals surface area contributed by atoms with Crippen molar-refractivity contribution >= 4 is 21.7 Å². The smallest absolute Gasteiger partial charge is 0.339 e. The first-order chi connectivity index (χ1) is 8.88. The number of halogens is 1. The van der Waals surface area contributed by atoms with Gasteiger partial charge in [-0.1, -0.05) is 23.7 Å². The lowest BCUT2D eigenvalue weighted by molar-refractivity contribution is 0.484. The van der Waals surface area contributed by atoms with E-state index in [1.165, 1.54) is 24.3 Å². The molecule has 0 radical (unpaired) electrons. The van der Waals surface area contributed by atoms with Gasteiger partial charge in [-0.3, -0.25) is 0 Å². The van der Waals surface area contributed by atoms with Gasteiger partial charge in [-0.05, 0) is 55.3 Å². The fourth-order valence-electron chi connectivity index (χ4n) is 1.56. The van der Waals surface area contributed by atoms with Gasteiger partial charge in [0.05, 0.1) is 0 Å². The fraction of sp³-hybridized carbons (Fsp3) is 0.143. The molecule has 0 unspecified atom stereocenters. The average Bonchev–Trinajstić information content (AvgIpc) is 2.34. The van der Waals surface area contributed by atoms with Crippen LogP contribution < -0.4 is 4.18 Å². The zero-order valence-corrected chi connectivity index (χ0v) is 12.1. The summed E-state index contributed by atoms with van der Waals surface area (Å²) >= 11 is 5.73. The number of hydrogen-bond acceptors (Lipinski definition) is 3. The number of hydrogen-bond donors (Lipinski definition) is 0. The highest BCUT2D eigenvalue weighted by atomic mass is 35.5. The molecule has 3 nitrogen and oxygen atoms in total. The molecule has 19 heavy (non-hydrogen) atoms. The van der Waals surface area contributed by atoms with Crippen molar-refractivity contribution in [2.45, 2.75) is 18.7 Å². The Morgan fingerprint density at radius 2 is 1.63 bits per heavy atom. The van der Waals surface area contributed by atoms with E-state index < -0.39 is 10.1 Å². The van der Waals surface area contributed by atoms with Crippen LogP contribution in [0.25, 0.3) is 0 Å². The van der Waals surface area contributed by atoms with E-state index in [1.54, 1.807) is 13.0 Å². The van der Waals surface area contributed by atoms with Crippen molar-refractivity contribution in [3.8, 4) is 5.75 Å². The van der Waals surface area contributed by atoms with Crippen LogP contribution in [0.5, 0.6) is 5.75 Å². The summed E-state index contributed by atoms with van der Waals surface area (Å²) in [6, 6.07) is 11.3. The molecule has 0 aliphatic rings. The summed E-state index contributed by atoms with van der Waals surface area (Å²) in [6.07, 6.45) is 0. The van der Waals surface area contributed by atoms with Gasteiger partial charge >= 0.3 is 10.1 Å². The first kappa shape index (κ1) is 13.9. The minimum Gasteiger partial charge on any atom is -0.379 e. The molecule has 5 heteroatoms. The fourth-order valence-corrected chi connectivity index (χ4v) is 2.67. The van der Waals surface area contributed by atoms with Crippen LogP contribution in [0.15, 0.2) is 47.4 Å². The normalized spacial score (nSPS) is 11.3. The molecule has 0 aliphatic heterocycles. The quantitative estimate of drug-likeness (QED) is 0.811. The van der Waals surface area contributed by atoms with Crippen molar-refractivity contribution in [3.05, 3.63) is 58.6 Å². The van der Waals surface area contributed by atoms with Crippen LogP contribution in [0.3, 0.4) is 0 Å². The lowest BCUT2D eigenvalue weighted by Gasteiger charge is -2.10. The molecule has 0 heterocycles. The van der Waals surface area contributed by atoms with E-state index in [1.807, 2.05) is 19.1 Å². The first-order valence-electron chi connectivity index (χ1n) is 5.66. The average molecular weight is 297 g/mol. The Balaban J connectivity index is 2.36. The topological polar surface area (TPSA) is 43.4 Å². The summed E-state index contributed by atoms with van der Waals surface area (Å²) in [5, 5.41) is 0.477. The highest BCUT2D eigenvalue weighted by Crippen LogP contribution is 2.24. The Kier molecular flexibility index (Phi) is 3.83. The predicted molar refractivity (Wildman–Crippen MR) is 75.2 cm³/mol. The zero-order chi connectivity index (χ0) is 14.0. The Morgan fingerprint density at radius 1 is 1.00 bits per heavy atom. The molecule has 0 saturated carbocycles. The molecular weight excluding hydrogens is 284 g/mol. The second-order valence-corrected chi connectivity index (χ2v) is 6.24. The van der Waals surface area contributed by atoms with Crippen LogP contribution in [0.1, 0.15) is 11.1 Å². The molecule has 0 spiro atoms. The van der Waals surface area contributed by atoms with E-state index in [0.717, 1.165) is 11.1 Å². The summed E-state index contributed by atoms with van der Waals surface area (Å²) in [4.78, 5) is 0.0813. The van der Waals surface area contributed by atoms with Crippen LogP contribution in [0.2, 0.25) is 5.02 Å². The molecule has 2 aromatic rings. The van der Waals surface area contributed by atoms with Gasteiger partial charge in [-0.15, -0.1) is 0 Å². The summed E-state index contributed by atoms with van der Waals surface area (Å²) in [7, 11) is -3.83. The molecule has 0 atom stereocenters. The lowest BCUT2D eigenvalue weighted by Crippen LogP contribution is -2.10. The predicted octanol–water partition coefficient (Wildman–Crippen LogP) is 3.72. The molecule has 0 amide bonds. The SMILES string of the molecule is Cc1ccc(C)c(OS(=O)(=O)c2ccc(Cl)cc2)c1. The Bertz CT molecular complexity index is 691. The molecule has 0 aliphatic carbocycles. The largest absolute Gasteiger partial charge is 0.379 e. The molecule has 2 rings (SSSR count). The Morgan fingerprint density at radius 3 is 2.26 bits per heavy atom. The molecule has 100 valence electrons. The molecule has 2 aromatic carbocycles. The van der Waals surface area contributed by atoms with Gasteiger partial charge in [-0.2, -0.15) is 8.42 Å². The van der Waals surface area contributed by atoms with Crippen molar-refractivity contribution in [2.24, 2.45) is 0 Å². The van der Waals surface area contributed by atoms with E-state index in [-0.39, 0.29) is 4.90 Å². The van der Waals surface area contributed by atoms with E-state index >= 15 is 0 Å². The first-order valence-corrected chi connectivity index (χ1v) is 7.44. The van der Waals surface area contributed by atoms with E-state index in [4.69, 9.17) is 15.8 Å². The van der Waals surface area contributed by atoms with Gasteiger partial charge in [0.25, 0.3) is 0 Å².